The SMILES string of the molecule is CCC(C)(C)C(=O)OCC(O)COC(=O)CCSCC(C)C(N)=O. The molecule has 0 fully saturated rings. The number of carbonyl (C=O) groups excluding carboxylic acids is 3. The number of ether oxygens (including phenoxy) is 2. The molecule has 0 aromatic rings. The van der Waals surface area contributed by atoms with Crippen molar-refractivity contribution < 1.29 is 29.0 Å². The van der Waals surface area contributed by atoms with E-state index in [1.54, 1.807) is 20.8 Å². The third-order valence-corrected chi connectivity index (χ3v) is 4.81. The van der Waals surface area contributed by atoms with Crippen LogP contribution in [0.2, 0.25) is 0 Å². The fourth-order valence-electron chi connectivity index (χ4n) is 1.32. The van der Waals surface area contributed by atoms with E-state index in [2.05, 4.69) is 0 Å². The van der Waals surface area contributed by atoms with Crippen LogP contribution >= 0.6 is 11.8 Å². The molecule has 3 N–H and O–H groups in total. The van der Waals surface area contributed by atoms with Crippen molar-refractivity contribution in [3.05, 3.63) is 0 Å². The normalized spacial score (nSPS) is 13.9. The maximum absolute atomic E-state index is 11.7. The first-order chi connectivity index (χ1) is 11.1. The zero-order valence-corrected chi connectivity index (χ0v) is 15.7. The van der Waals surface area contributed by atoms with Crippen molar-refractivity contribution in [2.75, 3.05) is 24.7 Å². The molecule has 0 aromatic heterocycles. The third-order valence-electron chi connectivity index (χ3n) is 3.58. The van der Waals surface area contributed by atoms with Gasteiger partial charge in [-0.05, 0) is 20.3 Å². The van der Waals surface area contributed by atoms with Gasteiger partial charge in [0.15, 0.2) is 0 Å². The molecular weight excluding hydrogens is 334 g/mol. The molecule has 0 saturated heterocycles. The number of amides is 1. The molecule has 0 aliphatic carbocycles. The smallest absolute Gasteiger partial charge is 0.311 e. The van der Waals surface area contributed by atoms with Gasteiger partial charge in [0.05, 0.1) is 11.8 Å². The van der Waals surface area contributed by atoms with Crippen molar-refractivity contribution in [3.63, 3.8) is 0 Å². The molecule has 0 rings (SSSR count). The van der Waals surface area contributed by atoms with Gasteiger partial charge in [-0.15, -0.1) is 0 Å². The van der Waals surface area contributed by atoms with Crippen LogP contribution in [0, 0.1) is 11.3 Å². The molecule has 0 aliphatic heterocycles. The summed E-state index contributed by atoms with van der Waals surface area (Å²) in [4.78, 5) is 34.1. The van der Waals surface area contributed by atoms with Crippen LogP contribution in [-0.4, -0.2) is 53.8 Å². The second-order valence-electron chi connectivity index (χ2n) is 6.30. The van der Waals surface area contributed by atoms with Crippen molar-refractivity contribution in [1.29, 1.82) is 0 Å². The molecule has 8 heteroatoms. The minimum atomic E-state index is -1.05. The summed E-state index contributed by atoms with van der Waals surface area (Å²) >= 11 is 1.44. The van der Waals surface area contributed by atoms with Gasteiger partial charge in [-0.1, -0.05) is 13.8 Å². The Kier molecular flexibility index (Phi) is 10.7. The highest BCUT2D eigenvalue weighted by Gasteiger charge is 2.27. The lowest BCUT2D eigenvalue weighted by atomic mass is 9.91. The number of nitrogens with two attached hydrogens (primary N) is 1. The van der Waals surface area contributed by atoms with E-state index in [-0.39, 0.29) is 31.5 Å². The number of rotatable bonds is 12. The molecule has 1 amide bonds. The minimum Gasteiger partial charge on any atom is -0.463 e. The lowest BCUT2D eigenvalue weighted by molar-refractivity contribution is -0.159. The molecule has 0 bridgehead atoms. The Morgan fingerprint density at radius 3 is 2.33 bits per heavy atom. The van der Waals surface area contributed by atoms with Gasteiger partial charge < -0.3 is 20.3 Å². The first kappa shape index (κ1) is 22.7. The van der Waals surface area contributed by atoms with Crippen molar-refractivity contribution in [1.82, 2.24) is 0 Å². The van der Waals surface area contributed by atoms with Crippen molar-refractivity contribution in [3.8, 4) is 0 Å². The number of hydrogen-bond donors (Lipinski definition) is 2. The molecule has 0 heterocycles. The topological polar surface area (TPSA) is 116 Å². The average Bonchev–Trinajstić information content (AvgIpc) is 2.53. The quantitative estimate of drug-likeness (QED) is 0.394. The lowest BCUT2D eigenvalue weighted by Gasteiger charge is -2.21. The zero-order chi connectivity index (χ0) is 18.8. The summed E-state index contributed by atoms with van der Waals surface area (Å²) in [5.74, 6) is -0.395. The number of primary amides is 1. The van der Waals surface area contributed by atoms with Crippen LogP contribution in [0.5, 0.6) is 0 Å². The van der Waals surface area contributed by atoms with Gasteiger partial charge in [0.2, 0.25) is 5.91 Å². The number of hydrogen-bond acceptors (Lipinski definition) is 7. The standard InChI is InChI=1S/C16H29NO6S/c1-5-16(3,4)15(21)23-9-12(18)8-22-13(19)6-7-24-10-11(2)14(17)20/h11-12,18H,5-10H2,1-4H3,(H2,17,20). The van der Waals surface area contributed by atoms with Crippen LogP contribution in [0.3, 0.4) is 0 Å². The van der Waals surface area contributed by atoms with E-state index in [1.165, 1.54) is 11.8 Å². The minimum absolute atomic E-state index is 0.172. The molecule has 2 atom stereocenters. The first-order valence-corrected chi connectivity index (χ1v) is 9.13. The Hall–Kier alpha value is -1.28. The molecule has 0 aromatic carbocycles. The predicted molar refractivity (Wildman–Crippen MR) is 92.3 cm³/mol. The Labute approximate surface area is 147 Å². The number of carbonyl (C=O) groups is 3. The van der Waals surface area contributed by atoms with E-state index < -0.39 is 23.5 Å². The van der Waals surface area contributed by atoms with E-state index >= 15 is 0 Å². The second kappa shape index (κ2) is 11.3. The molecule has 0 spiro atoms. The lowest BCUT2D eigenvalue weighted by Crippen LogP contribution is -2.31. The highest BCUT2D eigenvalue weighted by atomic mass is 32.2. The van der Waals surface area contributed by atoms with Crippen LogP contribution < -0.4 is 5.73 Å². The number of aliphatic hydroxyl groups excluding tert-OH is 1. The van der Waals surface area contributed by atoms with Gasteiger partial charge in [-0.3, -0.25) is 14.4 Å². The molecule has 140 valence electrons. The molecule has 0 radical (unpaired) electrons. The summed E-state index contributed by atoms with van der Waals surface area (Å²) in [6.07, 6.45) is -0.248. The maximum atomic E-state index is 11.7. The first-order valence-electron chi connectivity index (χ1n) is 7.98. The third kappa shape index (κ3) is 9.77. The fourth-order valence-corrected chi connectivity index (χ4v) is 2.31. The summed E-state index contributed by atoms with van der Waals surface area (Å²) < 4.78 is 9.93. The molecule has 7 nitrogen and oxygen atoms in total. The van der Waals surface area contributed by atoms with E-state index in [1.807, 2.05) is 6.92 Å². The summed E-state index contributed by atoms with van der Waals surface area (Å²) in [5, 5.41) is 9.68. The molecular formula is C16H29NO6S. The maximum Gasteiger partial charge on any atom is 0.311 e. The number of thioether (sulfide) groups is 1. The largest absolute Gasteiger partial charge is 0.463 e. The van der Waals surface area contributed by atoms with E-state index in [4.69, 9.17) is 15.2 Å². The van der Waals surface area contributed by atoms with E-state index in [9.17, 15) is 19.5 Å². The van der Waals surface area contributed by atoms with Crippen LogP contribution in [-0.2, 0) is 23.9 Å². The Morgan fingerprint density at radius 1 is 1.21 bits per heavy atom. The van der Waals surface area contributed by atoms with Crippen molar-refractivity contribution >= 4 is 29.6 Å². The van der Waals surface area contributed by atoms with Gasteiger partial charge in [0.1, 0.15) is 19.3 Å². The molecule has 0 saturated carbocycles. The van der Waals surface area contributed by atoms with Gasteiger partial charge in [0, 0.05) is 17.4 Å². The summed E-state index contributed by atoms with van der Waals surface area (Å²) in [7, 11) is 0. The summed E-state index contributed by atoms with van der Waals surface area (Å²) in [5.41, 5.74) is 4.54. The number of aliphatic hydroxyl groups is 1. The Bertz CT molecular complexity index is 427. The van der Waals surface area contributed by atoms with Gasteiger partial charge in [0.25, 0.3) is 0 Å². The van der Waals surface area contributed by atoms with Crippen LogP contribution in [0.25, 0.3) is 0 Å². The van der Waals surface area contributed by atoms with E-state index in [0.717, 1.165) is 0 Å². The number of esters is 2. The summed E-state index contributed by atoms with van der Waals surface area (Å²) in [6, 6.07) is 0. The molecule has 24 heavy (non-hydrogen) atoms. The zero-order valence-electron chi connectivity index (χ0n) is 14.9. The highest BCUT2D eigenvalue weighted by Crippen LogP contribution is 2.21. The van der Waals surface area contributed by atoms with Crippen LogP contribution in [0.4, 0.5) is 0 Å². The highest BCUT2D eigenvalue weighted by molar-refractivity contribution is 7.99. The van der Waals surface area contributed by atoms with Gasteiger partial charge >= 0.3 is 11.9 Å². The second-order valence-corrected chi connectivity index (χ2v) is 7.45. The van der Waals surface area contributed by atoms with Crippen LogP contribution in [0.1, 0.15) is 40.5 Å². The fraction of sp³-hybridized carbons (Fsp3) is 0.812. The van der Waals surface area contributed by atoms with Crippen molar-refractivity contribution in [2.45, 2.75) is 46.6 Å². The van der Waals surface area contributed by atoms with Gasteiger partial charge in [-0.25, -0.2) is 0 Å². The monoisotopic (exact) mass is 363 g/mol. The Balaban J connectivity index is 3.83. The predicted octanol–water partition coefficient (Wildman–Crippen LogP) is 1.11. The van der Waals surface area contributed by atoms with Crippen LogP contribution in [0.15, 0.2) is 0 Å². The average molecular weight is 363 g/mol. The van der Waals surface area contributed by atoms with Crippen molar-refractivity contribution in [2.24, 2.45) is 17.1 Å². The van der Waals surface area contributed by atoms with E-state index in [0.29, 0.717) is 17.9 Å². The molecule has 0 aliphatic rings. The summed E-state index contributed by atoms with van der Waals surface area (Å²) in [6.45, 7) is 6.70. The molecule has 2 unspecified atom stereocenters. The Morgan fingerprint density at radius 2 is 1.79 bits per heavy atom. The van der Waals surface area contributed by atoms with Gasteiger partial charge in [-0.2, -0.15) is 11.8 Å².